The van der Waals surface area contributed by atoms with Gasteiger partial charge in [0, 0.05) is 0 Å². The Morgan fingerprint density at radius 3 is 2.84 bits per heavy atom. The summed E-state index contributed by atoms with van der Waals surface area (Å²) in [5.41, 5.74) is -0.965. The number of aromatic nitrogens is 3. The predicted molar refractivity (Wildman–Crippen MR) is 79.1 cm³/mol. The van der Waals surface area contributed by atoms with Gasteiger partial charge >= 0.3 is 6.18 Å². The largest absolute Gasteiger partial charge is 0.482 e. The number of aryl methyl sites for hydroxylation is 1. The highest BCUT2D eigenvalue weighted by molar-refractivity contribution is 5.95. The molecule has 2 N–H and O–H groups in total. The minimum absolute atomic E-state index is 0.00135. The van der Waals surface area contributed by atoms with Crippen molar-refractivity contribution in [2.75, 3.05) is 13.2 Å². The van der Waals surface area contributed by atoms with Crippen LogP contribution in [0, 0.1) is 6.92 Å². The van der Waals surface area contributed by atoms with Crippen molar-refractivity contribution in [3.8, 4) is 5.75 Å². The zero-order valence-electron chi connectivity index (χ0n) is 13.1. The highest BCUT2D eigenvalue weighted by Gasteiger charge is 2.34. The molecule has 0 aliphatic carbocycles. The maximum Gasteiger partial charge on any atom is 0.433 e. The summed E-state index contributed by atoms with van der Waals surface area (Å²) in [6.07, 6.45) is -1.94. The Labute approximate surface area is 140 Å². The first-order chi connectivity index (χ1) is 11.8. The number of rotatable bonds is 4. The van der Waals surface area contributed by atoms with Crippen molar-refractivity contribution in [1.29, 1.82) is 0 Å². The van der Waals surface area contributed by atoms with Crippen LogP contribution in [0.2, 0.25) is 0 Å². The summed E-state index contributed by atoms with van der Waals surface area (Å²) in [5.74, 6) is -0.0304. The number of nitrogens with zero attached hydrogens (tertiary/aromatic N) is 2. The maximum atomic E-state index is 12.7. The van der Waals surface area contributed by atoms with Crippen molar-refractivity contribution in [3.63, 3.8) is 0 Å². The van der Waals surface area contributed by atoms with Gasteiger partial charge in [-0.15, -0.1) is 0 Å². The Bertz CT molecular complexity index is 749. The van der Waals surface area contributed by atoms with Gasteiger partial charge in [0.2, 0.25) is 0 Å². The summed E-state index contributed by atoms with van der Waals surface area (Å²) in [6.45, 7) is 1.87. The molecule has 0 radical (unpaired) electrons. The number of halogens is 3. The van der Waals surface area contributed by atoms with Crippen molar-refractivity contribution in [2.45, 2.75) is 25.2 Å². The molecule has 0 saturated carbocycles. The SMILES string of the molecule is Cc1nc(C(F)(F)F)ccc1C(=O)N[C@H]1COC[C@H]1Oc1cn[nH]c1. The first-order valence-electron chi connectivity index (χ1n) is 7.43. The Morgan fingerprint density at radius 2 is 2.20 bits per heavy atom. The van der Waals surface area contributed by atoms with Gasteiger partial charge in [-0.05, 0) is 19.1 Å². The molecule has 0 aromatic carbocycles. The second kappa shape index (κ2) is 6.71. The Balaban J connectivity index is 1.69. The van der Waals surface area contributed by atoms with E-state index in [0.717, 1.165) is 12.1 Å². The molecule has 7 nitrogen and oxygen atoms in total. The van der Waals surface area contributed by atoms with E-state index < -0.39 is 29.9 Å². The van der Waals surface area contributed by atoms with Gasteiger partial charge in [0.25, 0.3) is 5.91 Å². The molecule has 1 amide bonds. The number of hydrogen-bond donors (Lipinski definition) is 2. The number of carbonyl (C=O) groups excluding carboxylic acids is 1. The van der Waals surface area contributed by atoms with Gasteiger partial charge in [-0.3, -0.25) is 9.89 Å². The molecule has 10 heteroatoms. The first kappa shape index (κ1) is 17.2. The highest BCUT2D eigenvalue weighted by atomic mass is 19.4. The molecule has 2 aromatic rings. The van der Waals surface area contributed by atoms with Gasteiger partial charge in [0.15, 0.2) is 5.75 Å². The minimum atomic E-state index is -4.55. The average molecular weight is 356 g/mol. The number of alkyl halides is 3. The van der Waals surface area contributed by atoms with Gasteiger partial charge in [-0.1, -0.05) is 0 Å². The number of carbonyl (C=O) groups is 1. The topological polar surface area (TPSA) is 89.1 Å². The average Bonchev–Trinajstić information content (AvgIpc) is 3.19. The third-order valence-corrected chi connectivity index (χ3v) is 3.73. The molecule has 3 heterocycles. The van der Waals surface area contributed by atoms with Crippen molar-refractivity contribution < 1.29 is 27.4 Å². The van der Waals surface area contributed by atoms with Gasteiger partial charge < -0.3 is 14.8 Å². The molecule has 1 saturated heterocycles. The van der Waals surface area contributed by atoms with Crippen LogP contribution in [0.1, 0.15) is 21.7 Å². The first-order valence-corrected chi connectivity index (χ1v) is 7.43. The van der Waals surface area contributed by atoms with Crippen molar-refractivity contribution in [2.24, 2.45) is 0 Å². The van der Waals surface area contributed by atoms with E-state index in [9.17, 15) is 18.0 Å². The number of aromatic amines is 1. The smallest absolute Gasteiger partial charge is 0.433 e. The van der Waals surface area contributed by atoms with E-state index >= 15 is 0 Å². The Morgan fingerprint density at radius 1 is 1.40 bits per heavy atom. The zero-order valence-corrected chi connectivity index (χ0v) is 13.1. The second-order valence-corrected chi connectivity index (χ2v) is 5.53. The standard InChI is InChI=1S/C15H15F3N4O3/c1-8-10(2-3-13(21-8)15(16,17)18)14(23)22-11-6-24-7-12(11)25-9-4-19-20-5-9/h2-5,11-12H,6-7H2,1H3,(H,19,20)(H,22,23)/t11-,12+/m0/s1. The van der Waals surface area contributed by atoms with Gasteiger partial charge in [0.05, 0.1) is 42.9 Å². The number of H-pyrrole nitrogens is 1. The summed E-state index contributed by atoms with van der Waals surface area (Å²) in [6, 6.07) is 1.46. The van der Waals surface area contributed by atoms with Crippen molar-refractivity contribution in [3.05, 3.63) is 41.5 Å². The molecule has 0 unspecified atom stereocenters. The predicted octanol–water partition coefficient (Wildman–Crippen LogP) is 1.71. The molecule has 25 heavy (non-hydrogen) atoms. The third-order valence-electron chi connectivity index (χ3n) is 3.73. The third kappa shape index (κ3) is 3.90. The lowest BCUT2D eigenvalue weighted by molar-refractivity contribution is -0.141. The number of nitrogens with one attached hydrogen (secondary N) is 2. The molecule has 1 aliphatic heterocycles. The van der Waals surface area contributed by atoms with Crippen molar-refractivity contribution >= 4 is 5.91 Å². The van der Waals surface area contributed by atoms with E-state index in [1.807, 2.05) is 0 Å². The Kier molecular flexibility index (Phi) is 4.62. The molecule has 3 rings (SSSR count). The van der Waals surface area contributed by atoms with Gasteiger partial charge in [-0.2, -0.15) is 18.3 Å². The maximum absolute atomic E-state index is 12.7. The summed E-state index contributed by atoms with van der Waals surface area (Å²) < 4.78 is 48.9. The zero-order chi connectivity index (χ0) is 18.0. The lowest BCUT2D eigenvalue weighted by atomic mass is 10.1. The summed E-state index contributed by atoms with van der Waals surface area (Å²) >= 11 is 0. The quantitative estimate of drug-likeness (QED) is 0.871. The van der Waals surface area contributed by atoms with Gasteiger partial charge in [0.1, 0.15) is 11.8 Å². The number of hydrogen-bond acceptors (Lipinski definition) is 5. The van der Waals surface area contributed by atoms with Crippen molar-refractivity contribution in [1.82, 2.24) is 20.5 Å². The molecule has 2 atom stereocenters. The van der Waals surface area contributed by atoms with Gasteiger partial charge in [-0.25, -0.2) is 4.98 Å². The van der Waals surface area contributed by atoms with Crippen LogP contribution in [0.4, 0.5) is 13.2 Å². The summed E-state index contributed by atoms with van der Waals surface area (Å²) in [5, 5.41) is 9.08. The number of pyridine rings is 1. The number of amides is 1. The minimum Gasteiger partial charge on any atom is -0.482 e. The molecule has 1 fully saturated rings. The van der Waals surface area contributed by atoms with Crippen LogP contribution in [0.25, 0.3) is 0 Å². The van der Waals surface area contributed by atoms with E-state index in [0.29, 0.717) is 5.75 Å². The fourth-order valence-electron chi connectivity index (χ4n) is 2.47. The molecular weight excluding hydrogens is 341 g/mol. The molecular formula is C15H15F3N4O3. The van der Waals surface area contributed by atoms with Crippen LogP contribution in [0.3, 0.4) is 0 Å². The highest BCUT2D eigenvalue weighted by Crippen LogP contribution is 2.28. The molecule has 0 bridgehead atoms. The van der Waals surface area contributed by atoms with E-state index in [4.69, 9.17) is 9.47 Å². The van der Waals surface area contributed by atoms with Crippen LogP contribution in [0.15, 0.2) is 24.5 Å². The molecule has 2 aromatic heterocycles. The van der Waals surface area contributed by atoms with Crippen LogP contribution < -0.4 is 10.1 Å². The lowest BCUT2D eigenvalue weighted by Gasteiger charge is -2.20. The van der Waals surface area contributed by atoms with E-state index in [1.165, 1.54) is 13.1 Å². The normalized spacial score (nSPS) is 20.5. The number of ether oxygens (including phenoxy) is 2. The fourth-order valence-corrected chi connectivity index (χ4v) is 2.47. The van der Waals surface area contributed by atoms with Crippen LogP contribution >= 0.6 is 0 Å². The molecule has 1 aliphatic rings. The van der Waals surface area contributed by atoms with Crippen LogP contribution in [-0.2, 0) is 10.9 Å². The fraction of sp³-hybridized carbons (Fsp3) is 0.400. The van der Waals surface area contributed by atoms with E-state index in [2.05, 4.69) is 20.5 Å². The monoisotopic (exact) mass is 356 g/mol. The lowest BCUT2D eigenvalue weighted by Crippen LogP contribution is -2.45. The molecule has 134 valence electrons. The second-order valence-electron chi connectivity index (χ2n) is 5.53. The Hall–Kier alpha value is -2.62. The summed E-state index contributed by atoms with van der Waals surface area (Å²) in [4.78, 5) is 15.8. The van der Waals surface area contributed by atoms with Crippen LogP contribution in [0.5, 0.6) is 5.75 Å². The van der Waals surface area contributed by atoms with E-state index in [-0.39, 0.29) is 24.5 Å². The summed E-state index contributed by atoms with van der Waals surface area (Å²) in [7, 11) is 0. The van der Waals surface area contributed by atoms with Crippen LogP contribution in [-0.4, -0.2) is 46.4 Å². The molecule has 0 spiro atoms. The van der Waals surface area contributed by atoms with E-state index in [1.54, 1.807) is 6.20 Å².